The van der Waals surface area contributed by atoms with E-state index in [1.807, 2.05) is 16.7 Å². The van der Waals surface area contributed by atoms with Gasteiger partial charge in [-0.25, -0.2) is 4.79 Å². The van der Waals surface area contributed by atoms with E-state index in [2.05, 4.69) is 16.9 Å². The van der Waals surface area contributed by atoms with Gasteiger partial charge >= 0.3 is 5.69 Å². The molecule has 0 aliphatic carbocycles. The molecule has 0 unspecified atom stereocenters. The standard InChI is InChI=1S/C14H18ClN3O/c1-17-7-5-10(6-8-17)9-18-12-4-2-3-11(15)13(12)16-14(18)19/h2-4,10H,5-9H2,1H3,(H,16,19). The zero-order chi connectivity index (χ0) is 13.4. The normalized spacial score (nSPS) is 18.2. The van der Waals surface area contributed by atoms with Crippen molar-refractivity contribution in [2.24, 2.45) is 5.92 Å². The Bertz CT molecular complexity index is 638. The van der Waals surface area contributed by atoms with Crippen molar-refractivity contribution in [3.05, 3.63) is 33.7 Å². The van der Waals surface area contributed by atoms with Gasteiger partial charge in [-0.2, -0.15) is 0 Å². The Morgan fingerprint density at radius 3 is 2.84 bits per heavy atom. The van der Waals surface area contributed by atoms with Crippen molar-refractivity contribution < 1.29 is 0 Å². The Labute approximate surface area is 117 Å². The number of hydrogen-bond donors (Lipinski definition) is 1. The Hall–Kier alpha value is -1.26. The van der Waals surface area contributed by atoms with Gasteiger partial charge in [-0.15, -0.1) is 0 Å². The van der Waals surface area contributed by atoms with Crippen LogP contribution in [0.5, 0.6) is 0 Å². The summed E-state index contributed by atoms with van der Waals surface area (Å²) in [7, 11) is 2.15. The molecule has 1 fully saturated rings. The van der Waals surface area contributed by atoms with Crippen LogP contribution < -0.4 is 5.69 Å². The first-order chi connectivity index (χ1) is 9.15. The Morgan fingerprint density at radius 2 is 2.11 bits per heavy atom. The number of imidazole rings is 1. The van der Waals surface area contributed by atoms with Crippen molar-refractivity contribution >= 4 is 22.6 Å². The summed E-state index contributed by atoms with van der Waals surface area (Å²) >= 11 is 6.11. The number of aromatic nitrogens is 2. The van der Waals surface area contributed by atoms with Crippen LogP contribution in [-0.4, -0.2) is 34.6 Å². The molecule has 1 aliphatic heterocycles. The van der Waals surface area contributed by atoms with Crippen LogP contribution in [0.3, 0.4) is 0 Å². The van der Waals surface area contributed by atoms with E-state index in [1.54, 1.807) is 6.07 Å². The third kappa shape index (κ3) is 2.42. The lowest BCUT2D eigenvalue weighted by Crippen LogP contribution is -2.33. The van der Waals surface area contributed by atoms with Gasteiger partial charge in [-0.1, -0.05) is 17.7 Å². The average molecular weight is 280 g/mol. The molecule has 1 saturated heterocycles. The van der Waals surface area contributed by atoms with Gasteiger partial charge in [0.25, 0.3) is 0 Å². The van der Waals surface area contributed by atoms with Gasteiger partial charge in [0, 0.05) is 6.54 Å². The average Bonchev–Trinajstić information content (AvgIpc) is 2.71. The third-order valence-corrected chi connectivity index (χ3v) is 4.35. The molecule has 3 rings (SSSR count). The number of H-pyrrole nitrogens is 1. The lowest BCUT2D eigenvalue weighted by Gasteiger charge is -2.28. The predicted molar refractivity (Wildman–Crippen MR) is 77.8 cm³/mol. The molecule has 0 radical (unpaired) electrons. The fourth-order valence-corrected chi connectivity index (χ4v) is 3.05. The largest absolute Gasteiger partial charge is 0.326 e. The molecule has 0 spiro atoms. The van der Waals surface area contributed by atoms with Crippen LogP contribution in [0.2, 0.25) is 5.02 Å². The zero-order valence-electron chi connectivity index (χ0n) is 11.0. The predicted octanol–water partition coefficient (Wildman–Crippen LogP) is 2.32. The molecule has 1 aliphatic rings. The van der Waals surface area contributed by atoms with E-state index in [4.69, 9.17) is 11.6 Å². The minimum absolute atomic E-state index is 0.0537. The maximum absolute atomic E-state index is 12.1. The first-order valence-corrected chi connectivity index (χ1v) is 7.08. The highest BCUT2D eigenvalue weighted by atomic mass is 35.5. The van der Waals surface area contributed by atoms with E-state index < -0.39 is 0 Å². The number of nitrogens with one attached hydrogen (secondary N) is 1. The van der Waals surface area contributed by atoms with Crippen LogP contribution in [0.1, 0.15) is 12.8 Å². The number of fused-ring (bicyclic) bond motifs is 1. The summed E-state index contributed by atoms with van der Waals surface area (Å²) in [6.07, 6.45) is 2.30. The molecule has 0 atom stereocenters. The second kappa shape index (κ2) is 5.02. The van der Waals surface area contributed by atoms with Gasteiger partial charge in [0.15, 0.2) is 0 Å². The molecule has 2 aromatic rings. The molecule has 1 aromatic heterocycles. The maximum Gasteiger partial charge on any atom is 0.326 e. The second-order valence-corrected chi connectivity index (χ2v) is 5.83. The number of benzene rings is 1. The Kier molecular flexibility index (Phi) is 3.37. The van der Waals surface area contributed by atoms with Crippen LogP contribution in [-0.2, 0) is 6.54 Å². The van der Waals surface area contributed by atoms with Crippen molar-refractivity contribution in [3.8, 4) is 0 Å². The van der Waals surface area contributed by atoms with Crippen molar-refractivity contribution in [2.75, 3.05) is 20.1 Å². The number of hydrogen-bond acceptors (Lipinski definition) is 2. The van der Waals surface area contributed by atoms with Gasteiger partial charge in [0.05, 0.1) is 16.1 Å². The summed E-state index contributed by atoms with van der Waals surface area (Å²) in [6.45, 7) is 3.01. The highest BCUT2D eigenvalue weighted by Gasteiger charge is 2.19. The van der Waals surface area contributed by atoms with Crippen LogP contribution in [0.15, 0.2) is 23.0 Å². The van der Waals surface area contributed by atoms with E-state index in [0.717, 1.165) is 43.5 Å². The van der Waals surface area contributed by atoms with Crippen molar-refractivity contribution in [1.29, 1.82) is 0 Å². The number of rotatable bonds is 2. The Balaban J connectivity index is 1.91. The minimum atomic E-state index is -0.0537. The van der Waals surface area contributed by atoms with Gasteiger partial charge in [-0.05, 0) is 51.0 Å². The molecule has 1 aromatic carbocycles. The molecule has 4 nitrogen and oxygen atoms in total. The summed E-state index contributed by atoms with van der Waals surface area (Å²) in [5, 5.41) is 0.608. The molecule has 5 heteroatoms. The fraction of sp³-hybridized carbons (Fsp3) is 0.500. The zero-order valence-corrected chi connectivity index (χ0v) is 11.8. The lowest BCUT2D eigenvalue weighted by atomic mass is 9.97. The first-order valence-electron chi connectivity index (χ1n) is 6.70. The van der Waals surface area contributed by atoms with Crippen molar-refractivity contribution in [2.45, 2.75) is 19.4 Å². The number of nitrogens with zero attached hydrogens (tertiary/aromatic N) is 2. The smallest absolute Gasteiger partial charge is 0.306 e. The fourth-order valence-electron chi connectivity index (χ4n) is 2.83. The van der Waals surface area contributed by atoms with E-state index in [-0.39, 0.29) is 5.69 Å². The molecule has 0 bridgehead atoms. The molecule has 0 amide bonds. The van der Waals surface area contributed by atoms with Gasteiger partial charge in [-0.3, -0.25) is 4.57 Å². The van der Waals surface area contributed by atoms with E-state index in [1.165, 1.54) is 0 Å². The first kappa shape index (κ1) is 12.8. The topological polar surface area (TPSA) is 41.0 Å². The molecular formula is C14H18ClN3O. The SMILES string of the molecule is CN1CCC(Cn2c(=O)[nH]c3c(Cl)cccc32)CC1. The summed E-state index contributed by atoms with van der Waals surface area (Å²) in [5.41, 5.74) is 1.61. The second-order valence-electron chi connectivity index (χ2n) is 5.42. The molecule has 2 heterocycles. The minimum Gasteiger partial charge on any atom is -0.306 e. The lowest BCUT2D eigenvalue weighted by molar-refractivity contribution is 0.205. The summed E-state index contributed by atoms with van der Waals surface area (Å²) in [5.74, 6) is 0.576. The quantitative estimate of drug-likeness (QED) is 0.917. The molecular weight excluding hydrogens is 262 g/mol. The van der Waals surface area contributed by atoms with Gasteiger partial charge < -0.3 is 9.88 Å². The van der Waals surface area contributed by atoms with E-state index >= 15 is 0 Å². The number of aromatic amines is 1. The van der Waals surface area contributed by atoms with E-state index in [0.29, 0.717) is 10.9 Å². The summed E-state index contributed by atoms with van der Waals surface area (Å²) in [6, 6.07) is 5.65. The molecule has 0 saturated carbocycles. The van der Waals surface area contributed by atoms with Crippen molar-refractivity contribution in [1.82, 2.24) is 14.5 Å². The van der Waals surface area contributed by atoms with Crippen LogP contribution in [0.4, 0.5) is 0 Å². The van der Waals surface area contributed by atoms with Gasteiger partial charge in [0.1, 0.15) is 0 Å². The molecule has 1 N–H and O–H groups in total. The van der Waals surface area contributed by atoms with Crippen LogP contribution >= 0.6 is 11.6 Å². The molecule has 19 heavy (non-hydrogen) atoms. The number of likely N-dealkylation sites (tertiary alicyclic amines) is 1. The monoisotopic (exact) mass is 279 g/mol. The summed E-state index contributed by atoms with van der Waals surface area (Å²) in [4.78, 5) is 17.3. The highest BCUT2D eigenvalue weighted by molar-refractivity contribution is 6.34. The maximum atomic E-state index is 12.1. The summed E-state index contributed by atoms with van der Waals surface area (Å²) < 4.78 is 1.83. The van der Waals surface area contributed by atoms with Crippen molar-refractivity contribution in [3.63, 3.8) is 0 Å². The van der Waals surface area contributed by atoms with Crippen LogP contribution in [0.25, 0.3) is 11.0 Å². The highest BCUT2D eigenvalue weighted by Crippen LogP contribution is 2.23. The number of para-hydroxylation sites is 1. The Morgan fingerprint density at radius 1 is 1.37 bits per heavy atom. The molecule has 102 valence electrons. The third-order valence-electron chi connectivity index (χ3n) is 4.04. The van der Waals surface area contributed by atoms with E-state index in [9.17, 15) is 4.79 Å². The van der Waals surface area contributed by atoms with Crippen LogP contribution in [0, 0.1) is 5.92 Å². The van der Waals surface area contributed by atoms with Gasteiger partial charge in [0.2, 0.25) is 0 Å². The number of halogens is 1. The number of piperidine rings is 1.